The maximum Gasteiger partial charge on any atom is 0.0949 e. The normalized spacial score (nSPS) is 32.5. The molecule has 15 heavy (non-hydrogen) atoms. The largest absolute Gasteiger partial charge is 0.389 e. The first-order valence-corrected chi connectivity index (χ1v) is 5.65. The van der Waals surface area contributed by atoms with Gasteiger partial charge in [-0.25, -0.2) is 4.98 Å². The summed E-state index contributed by atoms with van der Waals surface area (Å²) >= 11 is 0. The third-order valence-corrected chi connectivity index (χ3v) is 3.35. The molecule has 1 fully saturated rings. The van der Waals surface area contributed by atoms with E-state index in [2.05, 4.69) is 10.3 Å². The maximum atomic E-state index is 10.3. The van der Waals surface area contributed by atoms with Gasteiger partial charge in [-0.1, -0.05) is 12.8 Å². The van der Waals surface area contributed by atoms with Crippen LogP contribution in [0.3, 0.4) is 0 Å². The van der Waals surface area contributed by atoms with E-state index in [1.54, 1.807) is 12.5 Å². The van der Waals surface area contributed by atoms with Crippen LogP contribution in [-0.2, 0) is 0 Å². The number of hydrogen-bond acceptors (Lipinski definition) is 3. The van der Waals surface area contributed by atoms with E-state index < -0.39 is 0 Å². The fourth-order valence-corrected chi connectivity index (χ4v) is 2.43. The number of aromatic nitrogens is 2. The van der Waals surface area contributed by atoms with Gasteiger partial charge in [0.2, 0.25) is 0 Å². The molecule has 0 unspecified atom stereocenters. The second kappa shape index (κ2) is 4.77. The molecule has 0 aliphatic heterocycles. The molecule has 2 N–H and O–H groups in total. The topological polar surface area (TPSA) is 50.1 Å². The summed E-state index contributed by atoms with van der Waals surface area (Å²) in [6.07, 6.45) is 9.65. The fraction of sp³-hybridized carbons (Fsp3) is 0.727. The summed E-state index contributed by atoms with van der Waals surface area (Å²) in [6, 6.07) is 0.382. The van der Waals surface area contributed by atoms with E-state index in [1.165, 1.54) is 12.8 Å². The van der Waals surface area contributed by atoms with E-state index in [0.717, 1.165) is 12.8 Å². The van der Waals surface area contributed by atoms with E-state index in [4.69, 9.17) is 0 Å². The molecule has 0 aromatic carbocycles. The van der Waals surface area contributed by atoms with Crippen molar-refractivity contribution in [3.63, 3.8) is 0 Å². The Bertz CT molecular complexity index is 286. The van der Waals surface area contributed by atoms with Gasteiger partial charge in [-0.2, -0.15) is 0 Å². The number of hydrogen-bond donors (Lipinski definition) is 2. The zero-order valence-electron chi connectivity index (χ0n) is 9.13. The van der Waals surface area contributed by atoms with Crippen molar-refractivity contribution in [3.8, 4) is 0 Å². The summed E-state index contributed by atoms with van der Waals surface area (Å²) in [6.45, 7) is 0. The SMILES string of the molecule is CN[C@@H]1CCCC[C@@H](n2ccnc2)[C@@H]1O. The van der Waals surface area contributed by atoms with E-state index in [1.807, 2.05) is 17.8 Å². The Labute approximate surface area is 90.3 Å². The first-order valence-electron chi connectivity index (χ1n) is 5.65. The molecule has 4 nitrogen and oxygen atoms in total. The lowest BCUT2D eigenvalue weighted by Gasteiger charge is -2.27. The van der Waals surface area contributed by atoms with E-state index >= 15 is 0 Å². The average Bonchev–Trinajstić information content (AvgIpc) is 2.70. The number of aliphatic hydroxyl groups is 1. The van der Waals surface area contributed by atoms with Crippen LogP contribution >= 0.6 is 0 Å². The molecule has 84 valence electrons. The first-order chi connectivity index (χ1) is 7.33. The van der Waals surface area contributed by atoms with Crippen molar-refractivity contribution in [1.29, 1.82) is 0 Å². The van der Waals surface area contributed by atoms with Gasteiger partial charge in [0.1, 0.15) is 0 Å². The van der Waals surface area contributed by atoms with Gasteiger partial charge in [0, 0.05) is 18.4 Å². The van der Waals surface area contributed by atoms with Gasteiger partial charge in [0.15, 0.2) is 0 Å². The van der Waals surface area contributed by atoms with Crippen LogP contribution < -0.4 is 5.32 Å². The predicted octanol–water partition coefficient (Wildman–Crippen LogP) is 0.947. The van der Waals surface area contributed by atoms with Crippen molar-refractivity contribution in [1.82, 2.24) is 14.9 Å². The lowest BCUT2D eigenvalue weighted by atomic mass is 10.0. The van der Waals surface area contributed by atoms with E-state index in [0.29, 0.717) is 0 Å². The van der Waals surface area contributed by atoms with Crippen LogP contribution in [0.25, 0.3) is 0 Å². The summed E-state index contributed by atoms with van der Waals surface area (Å²) in [7, 11) is 1.92. The van der Waals surface area contributed by atoms with Gasteiger partial charge >= 0.3 is 0 Å². The van der Waals surface area contributed by atoms with Gasteiger partial charge in [-0.05, 0) is 19.9 Å². The van der Waals surface area contributed by atoms with Crippen molar-refractivity contribution in [2.24, 2.45) is 0 Å². The van der Waals surface area contributed by atoms with Crippen LogP contribution in [0, 0.1) is 0 Å². The second-order valence-electron chi connectivity index (χ2n) is 4.25. The number of nitrogens with one attached hydrogen (secondary N) is 1. The van der Waals surface area contributed by atoms with Gasteiger partial charge in [-0.3, -0.25) is 0 Å². The minimum absolute atomic E-state index is 0.174. The Kier molecular flexibility index (Phi) is 3.38. The third kappa shape index (κ3) is 2.21. The van der Waals surface area contributed by atoms with Crippen LogP contribution in [-0.4, -0.2) is 33.9 Å². The van der Waals surface area contributed by atoms with Gasteiger partial charge in [0.05, 0.1) is 18.5 Å². The Hall–Kier alpha value is -0.870. The Balaban J connectivity index is 2.15. The zero-order chi connectivity index (χ0) is 10.7. The average molecular weight is 209 g/mol. The maximum absolute atomic E-state index is 10.3. The number of likely N-dealkylation sites (N-methyl/N-ethyl adjacent to an activating group) is 1. The quantitative estimate of drug-likeness (QED) is 0.713. The molecule has 0 amide bonds. The lowest BCUT2D eigenvalue weighted by molar-refractivity contribution is 0.0778. The number of aliphatic hydroxyl groups excluding tert-OH is 1. The molecule has 1 heterocycles. The molecule has 1 aromatic rings. The molecule has 0 spiro atoms. The van der Waals surface area contributed by atoms with Crippen LogP contribution in [0.15, 0.2) is 18.7 Å². The zero-order valence-corrected chi connectivity index (χ0v) is 9.13. The number of rotatable bonds is 2. The smallest absolute Gasteiger partial charge is 0.0949 e. The molecular formula is C11H19N3O. The molecule has 1 aliphatic rings. The van der Waals surface area contributed by atoms with Gasteiger partial charge in [0.25, 0.3) is 0 Å². The molecule has 3 atom stereocenters. The lowest BCUT2D eigenvalue weighted by Crippen LogP contribution is -2.41. The van der Waals surface area contributed by atoms with E-state index in [9.17, 15) is 5.11 Å². The Morgan fingerprint density at radius 1 is 1.40 bits per heavy atom. The molecular weight excluding hydrogens is 190 g/mol. The molecule has 4 heteroatoms. The summed E-state index contributed by atoms with van der Waals surface area (Å²) in [5, 5.41) is 13.5. The molecule has 1 saturated carbocycles. The molecule has 2 rings (SSSR count). The van der Waals surface area contributed by atoms with Gasteiger partial charge < -0.3 is 15.0 Å². The van der Waals surface area contributed by atoms with Crippen LogP contribution in [0.1, 0.15) is 31.7 Å². The predicted molar refractivity (Wildman–Crippen MR) is 58.6 cm³/mol. The highest BCUT2D eigenvalue weighted by Crippen LogP contribution is 2.27. The summed E-state index contributed by atoms with van der Waals surface area (Å²) < 4.78 is 2.03. The van der Waals surface area contributed by atoms with Crippen LogP contribution in [0.2, 0.25) is 0 Å². The molecule has 1 aliphatic carbocycles. The van der Waals surface area contributed by atoms with Crippen LogP contribution in [0.4, 0.5) is 0 Å². The number of imidazole rings is 1. The monoisotopic (exact) mass is 209 g/mol. The van der Waals surface area contributed by atoms with Crippen molar-refractivity contribution in [2.75, 3.05) is 7.05 Å². The minimum atomic E-state index is -0.313. The summed E-state index contributed by atoms with van der Waals surface area (Å²) in [5.74, 6) is 0. The van der Waals surface area contributed by atoms with Crippen molar-refractivity contribution >= 4 is 0 Å². The molecule has 0 bridgehead atoms. The highest BCUT2D eigenvalue weighted by atomic mass is 16.3. The molecule has 1 aromatic heterocycles. The minimum Gasteiger partial charge on any atom is -0.389 e. The highest BCUT2D eigenvalue weighted by molar-refractivity contribution is 4.91. The fourth-order valence-electron chi connectivity index (χ4n) is 2.43. The number of nitrogens with zero attached hydrogens (tertiary/aromatic N) is 2. The standard InChI is InChI=1S/C11H19N3O/c1-12-9-4-2-3-5-10(11(9)15)14-7-6-13-8-14/h6-12,15H,2-5H2,1H3/t9-,10-,11-/m1/s1. The molecule has 0 radical (unpaired) electrons. The van der Waals surface area contributed by atoms with Crippen molar-refractivity contribution in [3.05, 3.63) is 18.7 Å². The van der Waals surface area contributed by atoms with E-state index in [-0.39, 0.29) is 18.2 Å². The first kappa shape index (κ1) is 10.6. The molecule has 0 saturated heterocycles. The Morgan fingerprint density at radius 2 is 2.20 bits per heavy atom. The Morgan fingerprint density at radius 3 is 2.87 bits per heavy atom. The highest BCUT2D eigenvalue weighted by Gasteiger charge is 2.29. The third-order valence-electron chi connectivity index (χ3n) is 3.35. The van der Waals surface area contributed by atoms with Crippen LogP contribution in [0.5, 0.6) is 0 Å². The second-order valence-corrected chi connectivity index (χ2v) is 4.25. The summed E-state index contributed by atoms with van der Waals surface area (Å²) in [4.78, 5) is 4.04. The summed E-state index contributed by atoms with van der Waals surface area (Å²) in [5.41, 5.74) is 0. The van der Waals surface area contributed by atoms with Crippen molar-refractivity contribution in [2.45, 2.75) is 43.9 Å². The van der Waals surface area contributed by atoms with Gasteiger partial charge in [-0.15, -0.1) is 0 Å². The van der Waals surface area contributed by atoms with Crippen molar-refractivity contribution < 1.29 is 5.11 Å².